The van der Waals surface area contributed by atoms with Crippen molar-refractivity contribution in [1.82, 2.24) is 10.6 Å². The summed E-state index contributed by atoms with van der Waals surface area (Å²) in [6, 6.07) is 9.99. The molecule has 0 heterocycles. The fourth-order valence-corrected chi connectivity index (χ4v) is 2.51. The Kier molecular flexibility index (Phi) is 7.63. The molecule has 1 atom stereocenters. The van der Waals surface area contributed by atoms with Gasteiger partial charge in [-0.2, -0.15) is 18.4 Å². The molecule has 4 N–H and O–H groups in total. The molecule has 10 heteroatoms. The van der Waals surface area contributed by atoms with Crippen molar-refractivity contribution in [2.24, 2.45) is 0 Å². The molecule has 2 rings (SSSR count). The summed E-state index contributed by atoms with van der Waals surface area (Å²) in [5, 5.41) is 25.3. The van der Waals surface area contributed by atoms with E-state index < -0.39 is 29.7 Å². The lowest BCUT2D eigenvalue weighted by Crippen LogP contribution is -2.49. The van der Waals surface area contributed by atoms with Gasteiger partial charge in [-0.05, 0) is 42.0 Å². The highest BCUT2D eigenvalue weighted by Crippen LogP contribution is 2.29. The van der Waals surface area contributed by atoms with E-state index in [0.29, 0.717) is 5.56 Å². The van der Waals surface area contributed by atoms with E-state index in [4.69, 9.17) is 5.26 Å². The fraction of sp³-hybridized carbons (Fsp3) is 0.250. The van der Waals surface area contributed by atoms with Gasteiger partial charge in [0.15, 0.2) is 0 Å². The first-order valence-electron chi connectivity index (χ1n) is 8.86. The number of anilines is 1. The number of nitriles is 1. The Morgan fingerprint density at radius 2 is 1.70 bits per heavy atom. The third-order valence-electron chi connectivity index (χ3n) is 4.00. The van der Waals surface area contributed by atoms with E-state index in [1.54, 1.807) is 12.1 Å². The highest BCUT2D eigenvalue weighted by Gasteiger charge is 2.30. The number of phenolic OH excluding ortho intramolecular Hbond substituents is 1. The van der Waals surface area contributed by atoms with Gasteiger partial charge in [-0.15, -0.1) is 0 Å². The number of phenols is 1. The van der Waals surface area contributed by atoms with E-state index in [-0.39, 0.29) is 30.8 Å². The Bertz CT molecular complexity index is 907. The lowest BCUT2D eigenvalue weighted by Gasteiger charge is -2.19. The van der Waals surface area contributed by atoms with Crippen LogP contribution in [0.15, 0.2) is 48.5 Å². The first-order chi connectivity index (χ1) is 14.2. The van der Waals surface area contributed by atoms with Crippen molar-refractivity contribution in [3.63, 3.8) is 0 Å². The van der Waals surface area contributed by atoms with Crippen LogP contribution in [0.1, 0.15) is 17.5 Å². The minimum atomic E-state index is -4.49. The van der Waals surface area contributed by atoms with E-state index in [9.17, 15) is 27.9 Å². The van der Waals surface area contributed by atoms with E-state index in [2.05, 4.69) is 16.0 Å². The largest absolute Gasteiger partial charge is 0.508 e. The van der Waals surface area contributed by atoms with Gasteiger partial charge in [-0.3, -0.25) is 4.79 Å². The molecule has 0 fully saturated rings. The van der Waals surface area contributed by atoms with Crippen LogP contribution in [0.5, 0.6) is 5.75 Å². The standard InChI is InChI=1S/C20H19F3N4O3/c21-20(22,23)14-4-6-15(7-5-14)26-19(30)27-17(18(29)25-11-1-10-24)12-13-2-8-16(28)9-3-13/h2-9,17,28H,1,11-12H2,(H,25,29)(H2,26,27,30). The predicted octanol–water partition coefficient (Wildman–Crippen LogP) is 3.17. The molecule has 2 aromatic rings. The number of halogens is 3. The Morgan fingerprint density at radius 3 is 2.27 bits per heavy atom. The average Bonchev–Trinajstić information content (AvgIpc) is 2.69. The van der Waals surface area contributed by atoms with E-state index in [1.807, 2.05) is 6.07 Å². The Labute approximate surface area is 170 Å². The molecule has 0 aliphatic heterocycles. The van der Waals surface area contributed by atoms with Crippen LogP contribution in [0.3, 0.4) is 0 Å². The zero-order valence-electron chi connectivity index (χ0n) is 15.7. The van der Waals surface area contributed by atoms with Crippen LogP contribution in [-0.4, -0.2) is 29.6 Å². The lowest BCUT2D eigenvalue weighted by molar-refractivity contribution is -0.137. The molecule has 1 unspecified atom stereocenters. The number of carbonyl (C=O) groups is 2. The Hall–Kier alpha value is -3.74. The van der Waals surface area contributed by atoms with E-state index in [0.717, 1.165) is 24.3 Å². The van der Waals surface area contributed by atoms with E-state index >= 15 is 0 Å². The number of carbonyl (C=O) groups excluding carboxylic acids is 2. The summed E-state index contributed by atoms with van der Waals surface area (Å²) in [5.74, 6) is -0.484. The van der Waals surface area contributed by atoms with Crippen molar-refractivity contribution in [2.75, 3.05) is 11.9 Å². The van der Waals surface area contributed by atoms with Crippen LogP contribution in [-0.2, 0) is 17.4 Å². The maximum absolute atomic E-state index is 12.6. The maximum Gasteiger partial charge on any atom is 0.416 e. The molecule has 3 amide bonds. The van der Waals surface area contributed by atoms with Crippen molar-refractivity contribution in [3.8, 4) is 11.8 Å². The summed E-state index contributed by atoms with van der Waals surface area (Å²) in [6.45, 7) is 0.101. The van der Waals surface area contributed by atoms with Gasteiger partial charge in [0, 0.05) is 18.7 Å². The molecule has 0 spiro atoms. The summed E-state index contributed by atoms with van der Waals surface area (Å²) in [6.07, 6.45) is -4.30. The van der Waals surface area contributed by atoms with Crippen LogP contribution in [0.4, 0.5) is 23.7 Å². The number of benzene rings is 2. The summed E-state index contributed by atoms with van der Waals surface area (Å²) in [4.78, 5) is 24.7. The summed E-state index contributed by atoms with van der Waals surface area (Å²) >= 11 is 0. The van der Waals surface area contributed by atoms with Crippen LogP contribution in [0.2, 0.25) is 0 Å². The second kappa shape index (κ2) is 10.2. The SMILES string of the molecule is N#CCCNC(=O)C(Cc1ccc(O)cc1)NC(=O)Nc1ccc(C(F)(F)F)cc1. The number of nitrogens with zero attached hydrogens (tertiary/aromatic N) is 1. The topological polar surface area (TPSA) is 114 Å². The number of rotatable bonds is 7. The van der Waals surface area contributed by atoms with Crippen LogP contribution in [0.25, 0.3) is 0 Å². The van der Waals surface area contributed by atoms with Gasteiger partial charge in [-0.1, -0.05) is 12.1 Å². The number of hydrogen-bond donors (Lipinski definition) is 4. The minimum Gasteiger partial charge on any atom is -0.508 e. The zero-order chi connectivity index (χ0) is 22.1. The molecule has 2 aromatic carbocycles. The molecule has 0 saturated carbocycles. The van der Waals surface area contributed by atoms with E-state index in [1.165, 1.54) is 12.1 Å². The lowest BCUT2D eigenvalue weighted by atomic mass is 10.1. The second-order valence-electron chi connectivity index (χ2n) is 6.30. The third-order valence-corrected chi connectivity index (χ3v) is 4.00. The number of hydrogen-bond acceptors (Lipinski definition) is 4. The maximum atomic E-state index is 12.6. The van der Waals surface area contributed by atoms with Crippen molar-refractivity contribution in [2.45, 2.75) is 25.1 Å². The molecule has 0 radical (unpaired) electrons. The minimum absolute atomic E-state index is 0.0433. The second-order valence-corrected chi connectivity index (χ2v) is 6.30. The first-order valence-corrected chi connectivity index (χ1v) is 8.86. The number of urea groups is 1. The van der Waals surface area contributed by atoms with Gasteiger partial charge < -0.3 is 21.1 Å². The number of alkyl halides is 3. The van der Waals surface area contributed by atoms with Crippen molar-refractivity contribution < 1.29 is 27.9 Å². The molecular weight excluding hydrogens is 401 g/mol. The number of aromatic hydroxyl groups is 1. The molecule has 0 bridgehead atoms. The highest BCUT2D eigenvalue weighted by atomic mass is 19.4. The molecule has 0 aromatic heterocycles. The molecular formula is C20H19F3N4O3. The van der Waals surface area contributed by atoms with Crippen molar-refractivity contribution in [1.29, 1.82) is 5.26 Å². The smallest absolute Gasteiger partial charge is 0.416 e. The van der Waals surface area contributed by atoms with Gasteiger partial charge in [0.05, 0.1) is 18.1 Å². The van der Waals surface area contributed by atoms with Crippen LogP contribution >= 0.6 is 0 Å². The quantitative estimate of drug-likeness (QED) is 0.515. The van der Waals surface area contributed by atoms with Gasteiger partial charge in [0.2, 0.25) is 5.91 Å². The fourth-order valence-electron chi connectivity index (χ4n) is 2.51. The van der Waals surface area contributed by atoms with Crippen LogP contribution in [0, 0.1) is 11.3 Å². The Balaban J connectivity index is 2.05. The van der Waals surface area contributed by atoms with Crippen molar-refractivity contribution in [3.05, 3.63) is 59.7 Å². The first kappa shape index (κ1) is 22.5. The molecule has 7 nitrogen and oxygen atoms in total. The zero-order valence-corrected chi connectivity index (χ0v) is 15.7. The summed E-state index contributed by atoms with van der Waals surface area (Å²) in [5.41, 5.74) is -0.0765. The number of nitrogens with one attached hydrogen (secondary N) is 3. The molecule has 30 heavy (non-hydrogen) atoms. The molecule has 0 aliphatic rings. The van der Waals surface area contributed by atoms with Crippen LogP contribution < -0.4 is 16.0 Å². The molecule has 0 saturated heterocycles. The Morgan fingerprint density at radius 1 is 1.07 bits per heavy atom. The molecule has 0 aliphatic carbocycles. The monoisotopic (exact) mass is 420 g/mol. The summed E-state index contributed by atoms with van der Waals surface area (Å²) < 4.78 is 37.9. The predicted molar refractivity (Wildman–Crippen MR) is 102 cm³/mol. The van der Waals surface area contributed by atoms with Gasteiger partial charge in [0.1, 0.15) is 11.8 Å². The van der Waals surface area contributed by atoms with Gasteiger partial charge >= 0.3 is 12.2 Å². The average molecular weight is 420 g/mol. The van der Waals surface area contributed by atoms with Crippen molar-refractivity contribution >= 4 is 17.6 Å². The summed E-state index contributed by atoms with van der Waals surface area (Å²) in [7, 11) is 0. The highest BCUT2D eigenvalue weighted by molar-refractivity contribution is 5.93. The number of amides is 3. The van der Waals surface area contributed by atoms with Gasteiger partial charge in [-0.25, -0.2) is 4.79 Å². The normalized spacial score (nSPS) is 11.8. The van der Waals surface area contributed by atoms with Gasteiger partial charge in [0.25, 0.3) is 0 Å². The molecule has 158 valence electrons. The third kappa shape index (κ3) is 7.01.